The summed E-state index contributed by atoms with van der Waals surface area (Å²) in [5.41, 5.74) is 5.72. The Bertz CT molecular complexity index is 438. The molecule has 0 spiro atoms. The summed E-state index contributed by atoms with van der Waals surface area (Å²) in [4.78, 5) is 17.0. The third-order valence-electron chi connectivity index (χ3n) is 3.20. The third-order valence-corrected chi connectivity index (χ3v) is 3.20. The molecule has 0 amide bonds. The van der Waals surface area contributed by atoms with Crippen molar-refractivity contribution in [3.05, 3.63) is 0 Å². The monoisotopic (exact) mass is 266 g/mol. The minimum absolute atomic E-state index is 0.0149. The predicted molar refractivity (Wildman–Crippen MR) is 74.3 cm³/mol. The van der Waals surface area contributed by atoms with Gasteiger partial charge in [0.05, 0.1) is 6.10 Å². The molecule has 1 unspecified atom stereocenters. The number of ether oxygens (including phenoxy) is 1. The molecule has 2 rings (SSSR count). The fourth-order valence-corrected chi connectivity index (χ4v) is 2.00. The SMILES string of the molecule is CC(C)Oc1nc(N)nc(N2CCN(C)C(C)C2)n1. The molecule has 0 radical (unpaired) electrons. The highest BCUT2D eigenvalue weighted by Gasteiger charge is 2.23. The number of hydrogen-bond donors (Lipinski definition) is 1. The molecule has 2 N–H and O–H groups in total. The van der Waals surface area contributed by atoms with E-state index < -0.39 is 0 Å². The lowest BCUT2D eigenvalue weighted by Crippen LogP contribution is -2.50. The van der Waals surface area contributed by atoms with Gasteiger partial charge in [-0.2, -0.15) is 15.0 Å². The Kier molecular flexibility index (Phi) is 4.04. The summed E-state index contributed by atoms with van der Waals surface area (Å²) in [5.74, 6) is 0.801. The maximum Gasteiger partial charge on any atom is 0.323 e. The first-order valence-electron chi connectivity index (χ1n) is 6.59. The van der Waals surface area contributed by atoms with Gasteiger partial charge in [-0.1, -0.05) is 0 Å². The van der Waals surface area contributed by atoms with Crippen LogP contribution in [0.1, 0.15) is 20.8 Å². The van der Waals surface area contributed by atoms with E-state index in [0.717, 1.165) is 19.6 Å². The van der Waals surface area contributed by atoms with Crippen molar-refractivity contribution >= 4 is 11.9 Å². The van der Waals surface area contributed by atoms with E-state index in [9.17, 15) is 0 Å². The van der Waals surface area contributed by atoms with Crippen LogP contribution in [0.3, 0.4) is 0 Å². The molecule has 1 aromatic heterocycles. The van der Waals surface area contributed by atoms with Crippen molar-refractivity contribution in [3.63, 3.8) is 0 Å². The van der Waals surface area contributed by atoms with Crippen LogP contribution in [-0.4, -0.2) is 58.7 Å². The molecule has 7 heteroatoms. The summed E-state index contributed by atoms with van der Waals surface area (Å²) in [5, 5.41) is 0. The number of nitrogens with two attached hydrogens (primary N) is 1. The van der Waals surface area contributed by atoms with Gasteiger partial charge in [0.25, 0.3) is 0 Å². The molecule has 1 saturated heterocycles. The van der Waals surface area contributed by atoms with Crippen LogP contribution in [0.2, 0.25) is 0 Å². The van der Waals surface area contributed by atoms with E-state index in [1.807, 2.05) is 13.8 Å². The number of hydrogen-bond acceptors (Lipinski definition) is 7. The quantitative estimate of drug-likeness (QED) is 0.847. The Labute approximate surface area is 113 Å². The maximum absolute atomic E-state index is 5.72. The van der Waals surface area contributed by atoms with E-state index in [0.29, 0.717) is 18.0 Å². The second-order valence-electron chi connectivity index (χ2n) is 5.22. The maximum atomic E-state index is 5.72. The lowest BCUT2D eigenvalue weighted by molar-refractivity contribution is 0.219. The molecule has 1 aliphatic heterocycles. The van der Waals surface area contributed by atoms with E-state index in [1.54, 1.807) is 0 Å². The standard InChI is InChI=1S/C12H22N6O/c1-8(2)19-12-15-10(13)14-11(16-12)18-6-5-17(4)9(3)7-18/h8-9H,5-7H2,1-4H3,(H2,13,14,15,16). The first kappa shape index (κ1) is 13.8. The average Bonchev–Trinajstić information content (AvgIpc) is 2.31. The summed E-state index contributed by atoms with van der Waals surface area (Å²) in [6.07, 6.45) is 0.0149. The van der Waals surface area contributed by atoms with Gasteiger partial charge in [-0.05, 0) is 27.8 Å². The lowest BCUT2D eigenvalue weighted by atomic mass is 10.2. The van der Waals surface area contributed by atoms with Gasteiger partial charge in [0.1, 0.15) is 0 Å². The van der Waals surface area contributed by atoms with E-state index in [-0.39, 0.29) is 12.1 Å². The first-order chi connectivity index (χ1) is 8.95. The van der Waals surface area contributed by atoms with Crippen molar-refractivity contribution in [1.82, 2.24) is 19.9 Å². The molecule has 2 heterocycles. The number of anilines is 2. The van der Waals surface area contributed by atoms with Crippen molar-refractivity contribution < 1.29 is 4.74 Å². The van der Waals surface area contributed by atoms with Gasteiger partial charge < -0.3 is 20.3 Å². The number of rotatable bonds is 3. The molecule has 1 atom stereocenters. The van der Waals surface area contributed by atoms with Crippen LogP contribution in [0, 0.1) is 0 Å². The highest BCUT2D eigenvalue weighted by atomic mass is 16.5. The Morgan fingerprint density at radius 1 is 1.26 bits per heavy atom. The van der Waals surface area contributed by atoms with E-state index in [1.165, 1.54) is 0 Å². The Morgan fingerprint density at radius 3 is 2.63 bits per heavy atom. The molecule has 1 aromatic rings. The van der Waals surface area contributed by atoms with Gasteiger partial charge in [-0.25, -0.2) is 0 Å². The molecular weight excluding hydrogens is 244 g/mol. The second kappa shape index (κ2) is 5.56. The van der Waals surface area contributed by atoms with E-state index in [2.05, 4.69) is 38.7 Å². The molecule has 7 nitrogen and oxygen atoms in total. The fraction of sp³-hybridized carbons (Fsp3) is 0.750. The zero-order chi connectivity index (χ0) is 14.0. The minimum Gasteiger partial charge on any atom is -0.461 e. The normalized spacial score (nSPS) is 20.9. The summed E-state index contributed by atoms with van der Waals surface area (Å²) >= 11 is 0. The minimum atomic E-state index is 0.0149. The molecule has 0 saturated carbocycles. The molecule has 19 heavy (non-hydrogen) atoms. The smallest absolute Gasteiger partial charge is 0.323 e. The van der Waals surface area contributed by atoms with Gasteiger partial charge in [-0.3, -0.25) is 0 Å². The molecule has 1 fully saturated rings. The molecular formula is C12H22N6O. The zero-order valence-electron chi connectivity index (χ0n) is 12.0. The predicted octanol–water partition coefficient (Wildman–Crippen LogP) is 0.381. The van der Waals surface area contributed by atoms with Crippen molar-refractivity contribution in [1.29, 1.82) is 0 Å². The number of likely N-dealkylation sites (N-methyl/N-ethyl adjacent to an activating group) is 1. The molecule has 1 aliphatic rings. The van der Waals surface area contributed by atoms with Crippen LogP contribution < -0.4 is 15.4 Å². The highest BCUT2D eigenvalue weighted by molar-refractivity contribution is 5.36. The van der Waals surface area contributed by atoms with Crippen LogP contribution in [-0.2, 0) is 0 Å². The van der Waals surface area contributed by atoms with Crippen LogP contribution >= 0.6 is 0 Å². The van der Waals surface area contributed by atoms with E-state index in [4.69, 9.17) is 10.5 Å². The summed E-state index contributed by atoms with van der Waals surface area (Å²) < 4.78 is 5.50. The van der Waals surface area contributed by atoms with Crippen molar-refractivity contribution in [3.8, 4) is 6.01 Å². The Morgan fingerprint density at radius 2 is 2.00 bits per heavy atom. The van der Waals surface area contributed by atoms with Gasteiger partial charge in [0.15, 0.2) is 0 Å². The van der Waals surface area contributed by atoms with Crippen LogP contribution in [0.15, 0.2) is 0 Å². The molecule has 0 bridgehead atoms. The van der Waals surface area contributed by atoms with Gasteiger partial charge in [-0.15, -0.1) is 0 Å². The largest absolute Gasteiger partial charge is 0.461 e. The number of piperazine rings is 1. The van der Waals surface area contributed by atoms with Crippen molar-refractivity contribution in [2.45, 2.75) is 32.9 Å². The average molecular weight is 266 g/mol. The van der Waals surface area contributed by atoms with Crippen molar-refractivity contribution in [2.24, 2.45) is 0 Å². The molecule has 106 valence electrons. The Hall–Kier alpha value is -1.63. The molecule has 0 aromatic carbocycles. The van der Waals surface area contributed by atoms with Crippen LogP contribution in [0.25, 0.3) is 0 Å². The number of nitrogen functional groups attached to an aromatic ring is 1. The van der Waals surface area contributed by atoms with Gasteiger partial charge in [0.2, 0.25) is 11.9 Å². The van der Waals surface area contributed by atoms with Crippen LogP contribution in [0.4, 0.5) is 11.9 Å². The van der Waals surface area contributed by atoms with Crippen molar-refractivity contribution in [2.75, 3.05) is 37.3 Å². The Balaban J connectivity index is 2.17. The van der Waals surface area contributed by atoms with Gasteiger partial charge in [0, 0.05) is 25.7 Å². The number of nitrogens with zero attached hydrogens (tertiary/aromatic N) is 5. The summed E-state index contributed by atoms with van der Waals surface area (Å²) in [6, 6.07) is 0.755. The van der Waals surface area contributed by atoms with Crippen LogP contribution in [0.5, 0.6) is 6.01 Å². The summed E-state index contributed by atoms with van der Waals surface area (Å²) in [7, 11) is 2.12. The third kappa shape index (κ3) is 3.44. The molecule has 0 aliphatic carbocycles. The second-order valence-corrected chi connectivity index (χ2v) is 5.22. The zero-order valence-corrected chi connectivity index (χ0v) is 12.0. The fourth-order valence-electron chi connectivity index (χ4n) is 2.00. The van der Waals surface area contributed by atoms with Gasteiger partial charge >= 0.3 is 6.01 Å². The van der Waals surface area contributed by atoms with E-state index >= 15 is 0 Å². The first-order valence-corrected chi connectivity index (χ1v) is 6.59. The lowest BCUT2D eigenvalue weighted by Gasteiger charge is -2.37. The number of aromatic nitrogens is 3. The topological polar surface area (TPSA) is 80.4 Å². The highest BCUT2D eigenvalue weighted by Crippen LogP contribution is 2.17. The summed E-state index contributed by atoms with van der Waals surface area (Å²) in [6.45, 7) is 8.77.